The van der Waals surface area contributed by atoms with Crippen molar-refractivity contribution in [2.75, 3.05) is 17.7 Å². The second kappa shape index (κ2) is 6.83. The number of carbonyl (C=O) groups is 1. The maximum absolute atomic E-state index is 12.8. The van der Waals surface area contributed by atoms with Gasteiger partial charge in [0, 0.05) is 25.5 Å². The van der Waals surface area contributed by atoms with Crippen molar-refractivity contribution in [3.8, 4) is 5.82 Å². The van der Waals surface area contributed by atoms with Crippen molar-refractivity contribution in [3.05, 3.63) is 64.9 Å². The number of hydrogen-bond donors (Lipinski definition) is 3. The number of pyridine rings is 3. The van der Waals surface area contributed by atoms with Gasteiger partial charge in [0.1, 0.15) is 22.8 Å². The molecule has 0 fully saturated rings. The van der Waals surface area contributed by atoms with Gasteiger partial charge < -0.3 is 20.9 Å². The fourth-order valence-electron chi connectivity index (χ4n) is 2.74. The molecular formula is C18H15N7O3. The summed E-state index contributed by atoms with van der Waals surface area (Å²) in [7, 11) is 1.69. The number of aromatic nitrogens is 4. The van der Waals surface area contributed by atoms with Crippen LogP contribution in [-0.4, -0.2) is 32.6 Å². The topological polar surface area (TPSA) is 141 Å². The normalized spacial score (nSPS) is 10.8. The van der Waals surface area contributed by atoms with Crippen molar-refractivity contribution >= 4 is 34.1 Å². The van der Waals surface area contributed by atoms with Crippen LogP contribution in [0.2, 0.25) is 0 Å². The van der Waals surface area contributed by atoms with Crippen molar-refractivity contribution in [1.82, 2.24) is 19.7 Å². The summed E-state index contributed by atoms with van der Waals surface area (Å²) < 4.78 is 6.41. The fourth-order valence-corrected chi connectivity index (χ4v) is 2.74. The number of carbonyl (C=O) groups excluding carboxylic acids is 1. The highest BCUT2D eigenvalue weighted by atomic mass is 16.5. The lowest BCUT2D eigenvalue weighted by Gasteiger charge is -2.10. The van der Waals surface area contributed by atoms with E-state index in [1.807, 2.05) is 0 Å². The van der Waals surface area contributed by atoms with E-state index >= 15 is 0 Å². The summed E-state index contributed by atoms with van der Waals surface area (Å²) in [5, 5.41) is 9.75. The molecule has 10 heteroatoms. The van der Waals surface area contributed by atoms with Crippen LogP contribution in [0.15, 0.2) is 58.1 Å². The van der Waals surface area contributed by atoms with E-state index in [1.54, 1.807) is 55.8 Å². The van der Waals surface area contributed by atoms with E-state index in [9.17, 15) is 9.59 Å². The van der Waals surface area contributed by atoms with Crippen molar-refractivity contribution in [3.63, 3.8) is 0 Å². The molecule has 0 unspecified atom stereocenters. The molecule has 0 aromatic carbocycles. The molecule has 10 nitrogen and oxygen atoms in total. The first-order chi connectivity index (χ1) is 13.6. The number of nitrogens with two attached hydrogens (primary N) is 1. The summed E-state index contributed by atoms with van der Waals surface area (Å²) in [6, 6.07) is 10.3. The number of hydrogen-bond acceptors (Lipinski definition) is 8. The van der Waals surface area contributed by atoms with Gasteiger partial charge in [0.2, 0.25) is 5.76 Å². The van der Waals surface area contributed by atoms with Gasteiger partial charge in [-0.3, -0.25) is 14.2 Å². The molecule has 0 aliphatic carbocycles. The lowest BCUT2D eigenvalue weighted by atomic mass is 10.2. The minimum absolute atomic E-state index is 0.158. The third-order valence-electron chi connectivity index (χ3n) is 4.04. The van der Waals surface area contributed by atoms with E-state index in [2.05, 4.69) is 25.8 Å². The smallest absolute Gasteiger partial charge is 0.289 e. The lowest BCUT2D eigenvalue weighted by molar-refractivity contribution is 0.0967. The highest BCUT2D eigenvalue weighted by Crippen LogP contribution is 2.27. The van der Waals surface area contributed by atoms with E-state index < -0.39 is 5.91 Å². The van der Waals surface area contributed by atoms with E-state index in [0.717, 1.165) is 0 Å². The van der Waals surface area contributed by atoms with Gasteiger partial charge in [0.15, 0.2) is 5.52 Å². The predicted molar refractivity (Wildman–Crippen MR) is 103 cm³/mol. The number of fused-ring (bicyclic) bond motifs is 1. The minimum atomic E-state index is -0.786. The van der Waals surface area contributed by atoms with Gasteiger partial charge in [-0.05, 0) is 24.3 Å². The Morgan fingerprint density at radius 3 is 2.75 bits per heavy atom. The quantitative estimate of drug-likeness (QED) is 0.477. The van der Waals surface area contributed by atoms with E-state index in [-0.39, 0.29) is 22.5 Å². The molecular weight excluding hydrogens is 362 g/mol. The first-order valence-corrected chi connectivity index (χ1v) is 8.26. The third-order valence-corrected chi connectivity index (χ3v) is 4.04. The van der Waals surface area contributed by atoms with Crippen molar-refractivity contribution in [2.24, 2.45) is 5.73 Å². The van der Waals surface area contributed by atoms with Crippen LogP contribution in [0.4, 0.5) is 17.2 Å². The fraction of sp³-hybridized carbons (Fsp3) is 0.0556. The predicted octanol–water partition coefficient (Wildman–Crippen LogP) is 1.65. The Hall–Kier alpha value is -4.21. The van der Waals surface area contributed by atoms with Crippen molar-refractivity contribution in [2.45, 2.75) is 0 Å². The summed E-state index contributed by atoms with van der Waals surface area (Å²) in [5.41, 5.74) is 6.40. The molecule has 0 saturated heterocycles. The summed E-state index contributed by atoms with van der Waals surface area (Å²) in [4.78, 5) is 32.9. The Bertz CT molecular complexity index is 1230. The number of anilines is 3. The van der Waals surface area contributed by atoms with Crippen LogP contribution in [0.5, 0.6) is 0 Å². The molecule has 140 valence electrons. The number of amides is 1. The van der Waals surface area contributed by atoms with Gasteiger partial charge in [-0.25, -0.2) is 9.97 Å². The molecule has 4 heterocycles. The molecule has 0 saturated carbocycles. The van der Waals surface area contributed by atoms with Crippen LogP contribution in [0.3, 0.4) is 0 Å². The van der Waals surface area contributed by atoms with Crippen LogP contribution < -0.4 is 21.9 Å². The Balaban J connectivity index is 1.80. The number of nitrogens with one attached hydrogen (secondary N) is 2. The summed E-state index contributed by atoms with van der Waals surface area (Å²) in [5.74, 6) is -0.135. The molecule has 4 aromatic heterocycles. The molecule has 4 rings (SSSR count). The van der Waals surface area contributed by atoms with Gasteiger partial charge in [0.25, 0.3) is 11.5 Å². The average Bonchev–Trinajstić information content (AvgIpc) is 3.14. The van der Waals surface area contributed by atoms with E-state index in [4.69, 9.17) is 10.3 Å². The Labute approximate surface area is 158 Å². The summed E-state index contributed by atoms with van der Waals surface area (Å²) in [6.07, 6.45) is 3.23. The average molecular weight is 377 g/mol. The van der Waals surface area contributed by atoms with Crippen molar-refractivity contribution in [1.29, 1.82) is 0 Å². The second-order valence-corrected chi connectivity index (χ2v) is 5.79. The SMILES string of the molecule is CNc1cc(Nc2cccn(-c3ccccn3)c2=O)nc2c(C(N)=O)onc12. The highest BCUT2D eigenvalue weighted by molar-refractivity contribution is 6.04. The van der Waals surface area contributed by atoms with Crippen LogP contribution in [-0.2, 0) is 0 Å². The number of primary amides is 1. The number of rotatable bonds is 5. The molecule has 4 N–H and O–H groups in total. The molecule has 0 aliphatic heterocycles. The highest BCUT2D eigenvalue weighted by Gasteiger charge is 2.19. The maximum atomic E-state index is 12.8. The standard InChI is InChI=1S/C18H15N7O3/c1-20-11-9-12(23-15-14(11)24-28-16(15)17(19)26)22-10-5-4-8-25(18(10)27)13-6-2-3-7-21-13/h2-9,20H,1H3,(H2,19,26)(H,22,23). The van der Waals surface area contributed by atoms with Gasteiger partial charge in [-0.1, -0.05) is 11.2 Å². The van der Waals surface area contributed by atoms with Crippen LogP contribution in [0.25, 0.3) is 16.9 Å². The molecule has 0 bridgehead atoms. The number of nitrogens with zero attached hydrogens (tertiary/aromatic N) is 4. The Morgan fingerprint density at radius 1 is 1.18 bits per heavy atom. The zero-order valence-corrected chi connectivity index (χ0v) is 14.7. The van der Waals surface area contributed by atoms with Gasteiger partial charge in [-0.2, -0.15) is 0 Å². The van der Waals surface area contributed by atoms with Crippen LogP contribution in [0.1, 0.15) is 10.6 Å². The lowest BCUT2D eigenvalue weighted by Crippen LogP contribution is -2.21. The summed E-state index contributed by atoms with van der Waals surface area (Å²) >= 11 is 0. The van der Waals surface area contributed by atoms with Crippen LogP contribution >= 0.6 is 0 Å². The molecule has 0 atom stereocenters. The maximum Gasteiger partial charge on any atom is 0.289 e. The summed E-state index contributed by atoms with van der Waals surface area (Å²) in [6.45, 7) is 0. The van der Waals surface area contributed by atoms with Gasteiger partial charge in [0.05, 0.1) is 5.69 Å². The van der Waals surface area contributed by atoms with Gasteiger partial charge >= 0.3 is 0 Å². The zero-order chi connectivity index (χ0) is 19.7. The second-order valence-electron chi connectivity index (χ2n) is 5.79. The van der Waals surface area contributed by atoms with Crippen LogP contribution in [0, 0.1) is 0 Å². The van der Waals surface area contributed by atoms with E-state index in [0.29, 0.717) is 22.8 Å². The van der Waals surface area contributed by atoms with Crippen molar-refractivity contribution < 1.29 is 9.32 Å². The molecule has 0 radical (unpaired) electrons. The molecule has 28 heavy (non-hydrogen) atoms. The molecule has 4 aromatic rings. The monoisotopic (exact) mass is 377 g/mol. The minimum Gasteiger partial charge on any atom is -0.386 e. The first kappa shape index (κ1) is 17.2. The zero-order valence-electron chi connectivity index (χ0n) is 14.7. The van der Waals surface area contributed by atoms with Gasteiger partial charge in [-0.15, -0.1) is 0 Å². The molecule has 0 aliphatic rings. The first-order valence-electron chi connectivity index (χ1n) is 8.26. The van der Waals surface area contributed by atoms with E-state index in [1.165, 1.54) is 4.57 Å². The molecule has 0 spiro atoms. The largest absolute Gasteiger partial charge is 0.386 e. The Kier molecular flexibility index (Phi) is 4.20. The third kappa shape index (κ3) is 2.92. The molecule has 1 amide bonds. The Morgan fingerprint density at radius 2 is 2.04 bits per heavy atom.